The van der Waals surface area contributed by atoms with E-state index in [9.17, 15) is 14.7 Å². The van der Waals surface area contributed by atoms with E-state index in [-0.39, 0.29) is 18.9 Å². The molecule has 0 aliphatic heterocycles. The van der Waals surface area contributed by atoms with E-state index in [1.807, 2.05) is 36.4 Å². The topological polar surface area (TPSA) is 116 Å². The van der Waals surface area contributed by atoms with Crippen molar-refractivity contribution in [3.63, 3.8) is 0 Å². The van der Waals surface area contributed by atoms with E-state index in [2.05, 4.69) is 15.3 Å². The molecule has 0 fully saturated rings. The molecule has 11 heteroatoms. The fourth-order valence-electron chi connectivity index (χ4n) is 3.50. The van der Waals surface area contributed by atoms with Crippen molar-refractivity contribution in [2.75, 3.05) is 18.5 Å². The molecule has 0 saturated heterocycles. The molecular weight excluding hydrogens is 475 g/mol. The highest BCUT2D eigenvalue weighted by atomic mass is 32.1. The predicted molar refractivity (Wildman–Crippen MR) is 133 cm³/mol. The van der Waals surface area contributed by atoms with Crippen molar-refractivity contribution in [3.05, 3.63) is 82.7 Å². The Morgan fingerprint density at radius 2 is 1.68 bits per heavy atom. The number of fused-ring (bicyclic) bond motifs is 1. The average Bonchev–Trinajstić information content (AvgIpc) is 3.25. The first kappa shape index (κ1) is 24.0. The van der Waals surface area contributed by atoms with Gasteiger partial charge in [-0.2, -0.15) is 0 Å². The molecular formula is C23H23N4O5PS. The van der Waals surface area contributed by atoms with Gasteiger partial charge in [-0.25, -0.2) is 4.98 Å². The van der Waals surface area contributed by atoms with Gasteiger partial charge < -0.3 is 14.4 Å². The lowest BCUT2D eigenvalue weighted by Crippen LogP contribution is -2.15. The van der Waals surface area contributed by atoms with E-state index >= 15 is 0 Å². The smallest absolute Gasteiger partial charge is 0.344 e. The van der Waals surface area contributed by atoms with E-state index in [0.29, 0.717) is 20.9 Å². The SMILES string of the molecule is CCOP(=O)(OCC)C(Nc1nc2ccc([N+](=O)[O-])cc2s1)c1ccc(-c2ccncc2)cc1. The van der Waals surface area contributed by atoms with Crippen LogP contribution in [0.25, 0.3) is 21.3 Å². The second-order valence-corrected chi connectivity index (χ2v) is 10.4. The van der Waals surface area contributed by atoms with Gasteiger partial charge in [0.25, 0.3) is 5.69 Å². The van der Waals surface area contributed by atoms with Gasteiger partial charge in [0.1, 0.15) is 0 Å². The molecule has 1 atom stereocenters. The minimum atomic E-state index is -3.63. The molecule has 9 nitrogen and oxygen atoms in total. The van der Waals surface area contributed by atoms with Gasteiger partial charge in [0.2, 0.25) is 0 Å². The maximum atomic E-state index is 13.8. The molecule has 2 aromatic carbocycles. The molecule has 1 unspecified atom stereocenters. The van der Waals surface area contributed by atoms with Gasteiger partial charge in [0.15, 0.2) is 10.9 Å². The molecule has 176 valence electrons. The monoisotopic (exact) mass is 498 g/mol. The average molecular weight is 499 g/mol. The van der Waals surface area contributed by atoms with Gasteiger partial charge in [0, 0.05) is 24.5 Å². The van der Waals surface area contributed by atoms with Crippen LogP contribution in [0.2, 0.25) is 0 Å². The van der Waals surface area contributed by atoms with Crippen LogP contribution in [0.5, 0.6) is 0 Å². The molecule has 1 N–H and O–H groups in total. The van der Waals surface area contributed by atoms with Crippen molar-refractivity contribution in [2.45, 2.75) is 19.6 Å². The summed E-state index contributed by atoms with van der Waals surface area (Å²) in [6.45, 7) is 3.92. The molecule has 0 aliphatic carbocycles. The number of benzene rings is 2. The number of aromatic nitrogens is 2. The Kier molecular flexibility index (Phi) is 7.33. The van der Waals surface area contributed by atoms with Crippen molar-refractivity contribution in [1.82, 2.24) is 9.97 Å². The van der Waals surface area contributed by atoms with Crippen LogP contribution in [0.1, 0.15) is 25.2 Å². The fraction of sp³-hybridized carbons (Fsp3) is 0.217. The number of hydrogen-bond acceptors (Lipinski definition) is 9. The molecule has 4 aromatic rings. The molecule has 4 rings (SSSR count). The Balaban J connectivity index is 1.72. The van der Waals surface area contributed by atoms with Crippen LogP contribution in [0.15, 0.2) is 67.0 Å². The van der Waals surface area contributed by atoms with Crippen LogP contribution in [-0.2, 0) is 13.6 Å². The second-order valence-electron chi connectivity index (χ2n) is 7.21. The third-order valence-corrected chi connectivity index (χ3v) is 8.26. The number of nitro benzene ring substituents is 1. The lowest BCUT2D eigenvalue weighted by Gasteiger charge is -2.27. The van der Waals surface area contributed by atoms with Crippen LogP contribution in [-0.4, -0.2) is 28.1 Å². The molecule has 2 heterocycles. The molecule has 0 bridgehead atoms. The van der Waals surface area contributed by atoms with Crippen LogP contribution < -0.4 is 5.32 Å². The summed E-state index contributed by atoms with van der Waals surface area (Å²) in [5.41, 5.74) is 3.29. The van der Waals surface area contributed by atoms with Crippen molar-refractivity contribution in [3.8, 4) is 11.1 Å². The van der Waals surface area contributed by atoms with E-state index < -0.39 is 18.3 Å². The first-order valence-electron chi connectivity index (χ1n) is 10.6. The number of non-ortho nitro benzene ring substituents is 1. The number of anilines is 1. The molecule has 0 aliphatic rings. The first-order chi connectivity index (χ1) is 16.4. The number of thiazole rings is 1. The third-order valence-electron chi connectivity index (χ3n) is 5.02. The minimum absolute atomic E-state index is 0.0137. The highest BCUT2D eigenvalue weighted by Crippen LogP contribution is 2.61. The lowest BCUT2D eigenvalue weighted by molar-refractivity contribution is -0.384. The molecule has 2 aromatic heterocycles. The Morgan fingerprint density at radius 3 is 2.29 bits per heavy atom. The Labute approximate surface area is 200 Å². The number of nitrogens with zero attached hydrogens (tertiary/aromatic N) is 3. The summed E-state index contributed by atoms with van der Waals surface area (Å²) in [7, 11) is -3.63. The Morgan fingerprint density at radius 1 is 1.03 bits per heavy atom. The van der Waals surface area contributed by atoms with Crippen LogP contribution in [0.4, 0.5) is 10.8 Å². The summed E-state index contributed by atoms with van der Waals surface area (Å²) in [6.07, 6.45) is 3.45. The standard InChI is InChI=1S/C23H23N4O5PS/c1-3-31-33(30,32-4-2)22(18-7-5-16(6-8-18)17-11-13-24-14-12-17)26-23-25-20-10-9-19(27(28)29)15-21(20)34-23/h5-15,22H,3-4H2,1-2H3,(H,25,26). The summed E-state index contributed by atoms with van der Waals surface area (Å²) >= 11 is 1.24. The number of pyridine rings is 1. The van der Waals surface area contributed by atoms with Crippen LogP contribution in [0.3, 0.4) is 0 Å². The fourth-order valence-corrected chi connectivity index (χ4v) is 6.42. The zero-order valence-electron chi connectivity index (χ0n) is 18.6. The number of hydrogen-bond donors (Lipinski definition) is 1. The maximum absolute atomic E-state index is 13.8. The Hall–Kier alpha value is -3.17. The summed E-state index contributed by atoms with van der Waals surface area (Å²) in [6, 6.07) is 15.9. The van der Waals surface area contributed by atoms with E-state index in [0.717, 1.165) is 11.1 Å². The third kappa shape index (κ3) is 5.15. The normalized spacial score (nSPS) is 12.5. The first-order valence-corrected chi connectivity index (χ1v) is 13.1. The number of rotatable bonds is 10. The molecule has 0 saturated carbocycles. The van der Waals surface area contributed by atoms with E-state index in [1.54, 1.807) is 32.3 Å². The van der Waals surface area contributed by atoms with Gasteiger partial charge in [0.05, 0.1) is 28.4 Å². The second kappa shape index (κ2) is 10.4. The molecule has 0 amide bonds. The quantitative estimate of drug-likeness (QED) is 0.147. The van der Waals surface area contributed by atoms with E-state index in [4.69, 9.17) is 9.05 Å². The predicted octanol–water partition coefficient (Wildman–Crippen LogP) is 6.64. The van der Waals surface area contributed by atoms with Crippen molar-refractivity contribution < 1.29 is 18.5 Å². The minimum Gasteiger partial charge on any atom is -0.344 e. The zero-order valence-corrected chi connectivity index (χ0v) is 20.3. The lowest BCUT2D eigenvalue weighted by atomic mass is 10.1. The highest BCUT2D eigenvalue weighted by Gasteiger charge is 2.37. The summed E-state index contributed by atoms with van der Waals surface area (Å²) in [5.74, 6) is -0.825. The molecule has 34 heavy (non-hydrogen) atoms. The van der Waals surface area contributed by atoms with Crippen molar-refractivity contribution >= 4 is 40.0 Å². The van der Waals surface area contributed by atoms with Crippen LogP contribution >= 0.6 is 18.9 Å². The van der Waals surface area contributed by atoms with Gasteiger partial charge in [-0.05, 0) is 48.7 Å². The van der Waals surface area contributed by atoms with Gasteiger partial charge in [-0.1, -0.05) is 35.6 Å². The summed E-state index contributed by atoms with van der Waals surface area (Å²) in [4.78, 5) is 19.2. The van der Waals surface area contributed by atoms with Crippen molar-refractivity contribution in [1.29, 1.82) is 0 Å². The molecule has 0 spiro atoms. The number of nitrogens with one attached hydrogen (secondary N) is 1. The van der Waals surface area contributed by atoms with Gasteiger partial charge in [-0.15, -0.1) is 0 Å². The Bertz CT molecular complexity index is 1320. The summed E-state index contributed by atoms with van der Waals surface area (Å²) < 4.78 is 25.7. The zero-order chi connectivity index (χ0) is 24.1. The number of nitro groups is 1. The van der Waals surface area contributed by atoms with Gasteiger partial charge in [-0.3, -0.25) is 19.7 Å². The highest BCUT2D eigenvalue weighted by molar-refractivity contribution is 7.54. The van der Waals surface area contributed by atoms with Gasteiger partial charge >= 0.3 is 7.60 Å². The van der Waals surface area contributed by atoms with Crippen molar-refractivity contribution in [2.24, 2.45) is 0 Å². The maximum Gasteiger partial charge on any atom is 0.357 e. The molecule has 0 radical (unpaired) electrons. The van der Waals surface area contributed by atoms with E-state index in [1.165, 1.54) is 23.5 Å². The van der Waals surface area contributed by atoms with Crippen LogP contribution in [0, 0.1) is 10.1 Å². The summed E-state index contributed by atoms with van der Waals surface area (Å²) in [5, 5.41) is 14.8. The largest absolute Gasteiger partial charge is 0.357 e.